The molecule has 5 atom stereocenters. The molecule has 0 radical (unpaired) electrons. The molecule has 2 unspecified atom stereocenters. The summed E-state index contributed by atoms with van der Waals surface area (Å²) in [6, 6.07) is 1.81. The zero-order chi connectivity index (χ0) is 26.0. The Balaban J connectivity index is 1.83. The van der Waals surface area contributed by atoms with Gasteiger partial charge in [-0.05, 0) is 61.6 Å². The fraction of sp³-hybridized carbons (Fsp3) is 0.556. The monoisotopic (exact) mass is 482 g/mol. The molecule has 2 saturated carbocycles. The number of benzene rings is 1. The van der Waals surface area contributed by atoms with Gasteiger partial charge in [0.15, 0.2) is 28.7 Å². The first-order valence-corrected chi connectivity index (χ1v) is 12.1. The molecular formula is C27H30O8. The highest BCUT2D eigenvalue weighted by atomic mass is 16.3. The highest BCUT2D eigenvalue weighted by Crippen LogP contribution is 2.51. The number of rotatable bonds is 5. The van der Waals surface area contributed by atoms with Gasteiger partial charge < -0.3 is 15.0 Å². The van der Waals surface area contributed by atoms with Crippen LogP contribution in [0.4, 0.5) is 0 Å². The molecule has 0 bridgehead atoms. The Hall–Kier alpha value is -3.00. The first-order chi connectivity index (χ1) is 16.3. The van der Waals surface area contributed by atoms with Crippen molar-refractivity contribution < 1.29 is 39.0 Å². The summed E-state index contributed by atoms with van der Waals surface area (Å²) in [5, 5.41) is 22.4. The Kier molecular flexibility index (Phi) is 6.16. The Morgan fingerprint density at radius 2 is 1.74 bits per heavy atom. The van der Waals surface area contributed by atoms with Crippen LogP contribution in [0.15, 0.2) is 6.07 Å². The summed E-state index contributed by atoms with van der Waals surface area (Å²) in [5.74, 6) is -9.09. The molecule has 8 heteroatoms. The van der Waals surface area contributed by atoms with Crippen LogP contribution in [0.5, 0.6) is 5.75 Å². The zero-order valence-corrected chi connectivity index (χ0v) is 20.3. The average Bonchev–Trinajstić information content (AvgIpc) is 2.75. The minimum atomic E-state index is -2.58. The molecule has 0 amide bonds. The molecule has 8 nitrogen and oxygen atoms in total. The van der Waals surface area contributed by atoms with E-state index in [1.165, 1.54) is 6.92 Å². The first-order valence-electron chi connectivity index (χ1n) is 12.1. The van der Waals surface area contributed by atoms with Crippen LogP contribution in [0.25, 0.3) is 0 Å². The summed E-state index contributed by atoms with van der Waals surface area (Å²) >= 11 is 0. The number of phenols is 1. The maximum atomic E-state index is 13.7. The van der Waals surface area contributed by atoms with E-state index in [2.05, 4.69) is 0 Å². The summed E-state index contributed by atoms with van der Waals surface area (Å²) in [6.07, 6.45) is 0.506. The van der Waals surface area contributed by atoms with Gasteiger partial charge in [0.1, 0.15) is 23.2 Å². The van der Waals surface area contributed by atoms with Crippen LogP contribution >= 0.6 is 0 Å². The van der Waals surface area contributed by atoms with Crippen molar-refractivity contribution in [3.8, 4) is 5.75 Å². The smallest absolute Gasteiger partial charge is 0.190 e. The van der Waals surface area contributed by atoms with E-state index >= 15 is 0 Å². The van der Waals surface area contributed by atoms with Crippen molar-refractivity contribution in [2.45, 2.75) is 71.3 Å². The van der Waals surface area contributed by atoms with Gasteiger partial charge in [0.2, 0.25) is 0 Å². The Morgan fingerprint density at radius 1 is 1.09 bits per heavy atom. The lowest BCUT2D eigenvalue weighted by molar-refractivity contribution is -0.175. The van der Waals surface area contributed by atoms with Crippen LogP contribution in [0.1, 0.15) is 79.9 Å². The maximum absolute atomic E-state index is 13.7. The largest absolute Gasteiger partial charge is 0.507 e. The van der Waals surface area contributed by atoms with Crippen molar-refractivity contribution in [1.82, 2.24) is 0 Å². The van der Waals surface area contributed by atoms with E-state index in [9.17, 15) is 39.0 Å². The van der Waals surface area contributed by atoms with E-state index in [4.69, 9.17) is 0 Å². The normalized spacial score (nSPS) is 30.1. The van der Waals surface area contributed by atoms with E-state index in [-0.39, 0.29) is 55.1 Å². The van der Waals surface area contributed by atoms with Gasteiger partial charge in [-0.15, -0.1) is 0 Å². The zero-order valence-electron chi connectivity index (χ0n) is 20.3. The molecule has 1 aromatic carbocycles. The topological polar surface area (TPSA) is 143 Å². The lowest BCUT2D eigenvalue weighted by Gasteiger charge is -2.49. The van der Waals surface area contributed by atoms with E-state index in [1.807, 2.05) is 19.9 Å². The minimum absolute atomic E-state index is 0.00448. The number of ketones is 6. The Labute approximate surface area is 203 Å². The number of aliphatic hydroxyl groups is 1. The molecule has 4 rings (SSSR count). The lowest BCUT2D eigenvalue weighted by Crippen LogP contribution is -2.67. The number of carbonyl (C=O) groups excluding carboxylic acids is 6. The molecule has 2 fully saturated rings. The van der Waals surface area contributed by atoms with Gasteiger partial charge in [-0.25, -0.2) is 0 Å². The highest BCUT2D eigenvalue weighted by molar-refractivity contribution is 6.31. The molecule has 0 aromatic heterocycles. The van der Waals surface area contributed by atoms with Crippen LogP contribution in [0, 0.1) is 23.7 Å². The second kappa shape index (κ2) is 8.59. The third-order valence-electron chi connectivity index (χ3n) is 8.01. The van der Waals surface area contributed by atoms with Crippen LogP contribution in [0.3, 0.4) is 0 Å². The number of fused-ring (bicyclic) bond motifs is 3. The third kappa shape index (κ3) is 3.69. The minimum Gasteiger partial charge on any atom is -0.507 e. The van der Waals surface area contributed by atoms with E-state index in [1.54, 1.807) is 0 Å². The quantitative estimate of drug-likeness (QED) is 0.607. The fourth-order valence-corrected chi connectivity index (χ4v) is 6.26. The fourth-order valence-electron chi connectivity index (χ4n) is 6.26. The second-order valence-corrected chi connectivity index (χ2v) is 10.6. The molecule has 0 spiro atoms. The number of aromatic hydroxyl groups is 1. The van der Waals surface area contributed by atoms with E-state index < -0.39 is 58.2 Å². The molecule has 3 aliphatic rings. The third-order valence-corrected chi connectivity index (χ3v) is 8.01. The SMILES string of the molecule is CC(=O)CCc1cc(C(C)C)c2c(c1O)C(=O)C1C(=O)[C@]3(O)C(=O)C(C(C)=O)C(=O)C[C@@H]3C[C@@H]1C2. The maximum Gasteiger partial charge on any atom is 0.190 e. The second-order valence-electron chi connectivity index (χ2n) is 10.6. The molecule has 35 heavy (non-hydrogen) atoms. The predicted molar refractivity (Wildman–Crippen MR) is 123 cm³/mol. The molecule has 0 heterocycles. The Morgan fingerprint density at radius 3 is 2.31 bits per heavy atom. The number of aryl methyl sites for hydroxylation is 1. The molecule has 186 valence electrons. The van der Waals surface area contributed by atoms with Crippen LogP contribution < -0.4 is 0 Å². The number of hydrogen-bond donors (Lipinski definition) is 2. The number of carbonyl (C=O) groups is 6. The molecule has 3 aliphatic carbocycles. The van der Waals surface area contributed by atoms with Gasteiger partial charge in [-0.1, -0.05) is 19.9 Å². The average molecular weight is 483 g/mol. The van der Waals surface area contributed by atoms with Gasteiger partial charge in [0.25, 0.3) is 0 Å². The Bertz CT molecular complexity index is 1190. The van der Waals surface area contributed by atoms with Crippen molar-refractivity contribution in [3.05, 3.63) is 28.3 Å². The lowest BCUT2D eigenvalue weighted by atomic mass is 9.53. The van der Waals surface area contributed by atoms with Crippen molar-refractivity contribution in [3.63, 3.8) is 0 Å². The van der Waals surface area contributed by atoms with Gasteiger partial charge in [-0.2, -0.15) is 0 Å². The number of Topliss-reactive ketones (excluding diaryl/α,β-unsaturated/α-hetero) is 6. The highest BCUT2D eigenvalue weighted by Gasteiger charge is 2.65. The summed E-state index contributed by atoms with van der Waals surface area (Å²) in [6.45, 7) is 6.40. The van der Waals surface area contributed by atoms with Gasteiger partial charge >= 0.3 is 0 Å². The van der Waals surface area contributed by atoms with E-state index in [0.29, 0.717) is 11.1 Å². The molecule has 0 aliphatic heterocycles. The van der Waals surface area contributed by atoms with Crippen molar-refractivity contribution in [1.29, 1.82) is 0 Å². The van der Waals surface area contributed by atoms with Gasteiger partial charge in [0, 0.05) is 18.8 Å². The number of phenolic OH excluding ortho intramolecular Hbond substituents is 1. The van der Waals surface area contributed by atoms with Crippen molar-refractivity contribution in [2.75, 3.05) is 0 Å². The van der Waals surface area contributed by atoms with Crippen LogP contribution in [-0.4, -0.2) is 50.5 Å². The van der Waals surface area contributed by atoms with Gasteiger partial charge in [-0.3, -0.25) is 24.0 Å². The van der Waals surface area contributed by atoms with E-state index in [0.717, 1.165) is 12.5 Å². The molecule has 1 aromatic rings. The molecule has 2 N–H and O–H groups in total. The predicted octanol–water partition coefficient (Wildman–Crippen LogP) is 2.08. The van der Waals surface area contributed by atoms with Crippen LogP contribution in [-0.2, 0) is 36.8 Å². The first kappa shape index (κ1) is 25.1. The molecule has 0 saturated heterocycles. The standard InChI is InChI=1S/C27H30O8/c1-11(2)17-8-14(6-5-12(3)28)23(31)22-18(17)9-15-7-16-10-19(30)20(13(4)29)25(33)27(16,35)26(34)21(15)24(22)32/h8,11,15-16,20-21,31,35H,5-7,9-10H2,1-4H3/t15-,16+,20?,21?,27-/m1/s1. The van der Waals surface area contributed by atoms with Crippen molar-refractivity contribution >= 4 is 34.7 Å². The molecular weight excluding hydrogens is 452 g/mol. The van der Waals surface area contributed by atoms with Crippen LogP contribution in [0.2, 0.25) is 0 Å². The van der Waals surface area contributed by atoms with Gasteiger partial charge in [0.05, 0.1) is 11.5 Å². The number of hydrogen-bond acceptors (Lipinski definition) is 8. The van der Waals surface area contributed by atoms with Crippen molar-refractivity contribution in [2.24, 2.45) is 23.7 Å². The summed E-state index contributed by atoms with van der Waals surface area (Å²) in [4.78, 5) is 76.4. The summed E-state index contributed by atoms with van der Waals surface area (Å²) in [7, 11) is 0. The summed E-state index contributed by atoms with van der Waals surface area (Å²) < 4.78 is 0. The summed E-state index contributed by atoms with van der Waals surface area (Å²) in [5.41, 5.74) is -0.673.